The molecule has 1 amide bonds. The van der Waals surface area contributed by atoms with Crippen LogP contribution in [0.15, 0.2) is 24.7 Å². The number of carbonyl (C=O) groups is 1. The number of rotatable bonds is 5. The van der Waals surface area contributed by atoms with Gasteiger partial charge in [0.25, 0.3) is 0 Å². The average Bonchev–Trinajstić information content (AvgIpc) is 2.27. The Kier molecular flexibility index (Phi) is 4.82. The van der Waals surface area contributed by atoms with Crippen LogP contribution in [-0.4, -0.2) is 21.4 Å². The largest absolute Gasteiger partial charge is 0.348 e. The SMILES string of the molecule is CCCC(C)(C)NC(=O)C=Cc1cnccn1. The third kappa shape index (κ3) is 5.24. The van der Waals surface area contributed by atoms with E-state index in [1.54, 1.807) is 24.7 Å². The van der Waals surface area contributed by atoms with Crippen molar-refractivity contribution in [3.8, 4) is 0 Å². The van der Waals surface area contributed by atoms with Gasteiger partial charge in [0.1, 0.15) is 0 Å². The monoisotopic (exact) mass is 233 g/mol. The van der Waals surface area contributed by atoms with Crippen molar-refractivity contribution in [2.75, 3.05) is 0 Å². The van der Waals surface area contributed by atoms with Gasteiger partial charge in [-0.05, 0) is 26.3 Å². The third-order valence-electron chi connectivity index (χ3n) is 2.33. The minimum atomic E-state index is -0.168. The van der Waals surface area contributed by atoms with E-state index in [0.717, 1.165) is 12.8 Å². The van der Waals surface area contributed by atoms with Gasteiger partial charge in [-0.2, -0.15) is 0 Å². The first-order chi connectivity index (χ1) is 8.03. The van der Waals surface area contributed by atoms with Crippen molar-refractivity contribution in [3.63, 3.8) is 0 Å². The van der Waals surface area contributed by atoms with Gasteiger partial charge in [-0.15, -0.1) is 0 Å². The van der Waals surface area contributed by atoms with Gasteiger partial charge in [0, 0.05) is 24.0 Å². The number of aromatic nitrogens is 2. The van der Waals surface area contributed by atoms with Crippen molar-refractivity contribution in [1.82, 2.24) is 15.3 Å². The van der Waals surface area contributed by atoms with Crippen molar-refractivity contribution in [2.24, 2.45) is 0 Å². The van der Waals surface area contributed by atoms with Gasteiger partial charge in [0.05, 0.1) is 11.9 Å². The van der Waals surface area contributed by atoms with Crippen LogP contribution in [0.3, 0.4) is 0 Å². The van der Waals surface area contributed by atoms with E-state index in [4.69, 9.17) is 0 Å². The second-order valence-corrected chi connectivity index (χ2v) is 4.59. The minimum absolute atomic E-state index is 0.103. The quantitative estimate of drug-likeness (QED) is 0.793. The molecule has 1 aromatic rings. The zero-order valence-electron chi connectivity index (χ0n) is 10.6. The van der Waals surface area contributed by atoms with Crippen molar-refractivity contribution < 1.29 is 4.79 Å². The molecule has 0 aromatic carbocycles. The highest BCUT2D eigenvalue weighted by Crippen LogP contribution is 2.10. The van der Waals surface area contributed by atoms with Crippen molar-refractivity contribution in [1.29, 1.82) is 0 Å². The summed E-state index contributed by atoms with van der Waals surface area (Å²) in [5.74, 6) is -0.103. The lowest BCUT2D eigenvalue weighted by Crippen LogP contribution is -2.42. The Morgan fingerprint density at radius 1 is 1.47 bits per heavy atom. The zero-order valence-corrected chi connectivity index (χ0v) is 10.6. The summed E-state index contributed by atoms with van der Waals surface area (Å²) in [7, 11) is 0. The molecule has 92 valence electrons. The van der Waals surface area contributed by atoms with Crippen LogP contribution < -0.4 is 5.32 Å². The van der Waals surface area contributed by atoms with Crippen molar-refractivity contribution in [2.45, 2.75) is 39.2 Å². The smallest absolute Gasteiger partial charge is 0.244 e. The maximum absolute atomic E-state index is 11.7. The first kappa shape index (κ1) is 13.4. The molecule has 17 heavy (non-hydrogen) atoms. The van der Waals surface area contributed by atoms with Crippen LogP contribution in [0.2, 0.25) is 0 Å². The van der Waals surface area contributed by atoms with Crippen molar-refractivity contribution in [3.05, 3.63) is 30.4 Å². The second kappa shape index (κ2) is 6.13. The molecule has 0 bridgehead atoms. The lowest BCUT2D eigenvalue weighted by molar-refractivity contribution is -0.118. The predicted octanol–water partition coefficient (Wildman–Crippen LogP) is 2.18. The van der Waals surface area contributed by atoms with E-state index >= 15 is 0 Å². The molecule has 1 rings (SSSR count). The Morgan fingerprint density at radius 3 is 2.82 bits per heavy atom. The lowest BCUT2D eigenvalue weighted by atomic mass is 9.99. The van der Waals surface area contributed by atoms with Gasteiger partial charge in [-0.3, -0.25) is 14.8 Å². The number of nitrogens with zero attached hydrogens (tertiary/aromatic N) is 2. The summed E-state index contributed by atoms with van der Waals surface area (Å²) < 4.78 is 0. The van der Waals surface area contributed by atoms with Gasteiger partial charge in [0.15, 0.2) is 0 Å². The Labute approximate surface area is 102 Å². The van der Waals surface area contributed by atoms with Crippen LogP contribution in [0, 0.1) is 0 Å². The van der Waals surface area contributed by atoms with Crippen LogP contribution in [0.25, 0.3) is 6.08 Å². The highest BCUT2D eigenvalue weighted by Gasteiger charge is 2.17. The Morgan fingerprint density at radius 2 is 2.24 bits per heavy atom. The molecule has 0 saturated carbocycles. The molecule has 1 heterocycles. The fourth-order valence-corrected chi connectivity index (χ4v) is 1.62. The molecule has 1 aromatic heterocycles. The molecule has 0 spiro atoms. The Bertz CT molecular complexity index is 385. The van der Waals surface area contributed by atoms with Crippen LogP contribution in [-0.2, 0) is 4.79 Å². The first-order valence-corrected chi connectivity index (χ1v) is 5.80. The number of amides is 1. The van der Waals surface area contributed by atoms with Gasteiger partial charge in [0.2, 0.25) is 5.91 Å². The predicted molar refractivity (Wildman–Crippen MR) is 68.2 cm³/mol. The number of hydrogen-bond donors (Lipinski definition) is 1. The average molecular weight is 233 g/mol. The molecule has 0 aliphatic heterocycles. The molecule has 0 radical (unpaired) electrons. The highest BCUT2D eigenvalue weighted by atomic mass is 16.1. The molecule has 0 unspecified atom stereocenters. The first-order valence-electron chi connectivity index (χ1n) is 5.80. The van der Waals surface area contributed by atoms with Crippen LogP contribution in [0.5, 0.6) is 0 Å². The van der Waals surface area contributed by atoms with E-state index in [-0.39, 0.29) is 11.4 Å². The molecule has 0 saturated heterocycles. The standard InChI is InChI=1S/C13H19N3O/c1-4-7-13(2,3)16-12(17)6-5-11-10-14-8-9-15-11/h5-6,8-10H,4,7H2,1-3H3,(H,16,17). The van der Waals surface area contributed by atoms with Crippen molar-refractivity contribution >= 4 is 12.0 Å². The molecule has 4 nitrogen and oxygen atoms in total. The summed E-state index contributed by atoms with van der Waals surface area (Å²) in [5, 5.41) is 2.95. The summed E-state index contributed by atoms with van der Waals surface area (Å²) in [5.41, 5.74) is 0.509. The van der Waals surface area contributed by atoms with Crippen LogP contribution in [0.4, 0.5) is 0 Å². The maximum atomic E-state index is 11.7. The molecule has 1 N–H and O–H groups in total. The van der Waals surface area contributed by atoms with Crippen LogP contribution >= 0.6 is 0 Å². The maximum Gasteiger partial charge on any atom is 0.244 e. The molecule has 0 aliphatic rings. The molecular weight excluding hydrogens is 214 g/mol. The molecule has 0 fully saturated rings. The second-order valence-electron chi connectivity index (χ2n) is 4.59. The van der Waals surface area contributed by atoms with E-state index in [0.29, 0.717) is 5.69 Å². The topological polar surface area (TPSA) is 54.9 Å². The summed E-state index contributed by atoms with van der Waals surface area (Å²) in [6, 6.07) is 0. The van der Waals surface area contributed by atoms with E-state index in [1.807, 2.05) is 13.8 Å². The van der Waals surface area contributed by atoms with Crippen LogP contribution in [0.1, 0.15) is 39.3 Å². The highest BCUT2D eigenvalue weighted by molar-refractivity contribution is 5.91. The Balaban J connectivity index is 2.53. The van der Waals surface area contributed by atoms with E-state index < -0.39 is 0 Å². The summed E-state index contributed by atoms with van der Waals surface area (Å²) in [6.45, 7) is 6.14. The Hall–Kier alpha value is -1.71. The summed E-state index contributed by atoms with van der Waals surface area (Å²) in [6.07, 6.45) is 9.95. The molecule has 0 aliphatic carbocycles. The molecule has 0 atom stereocenters. The number of hydrogen-bond acceptors (Lipinski definition) is 3. The van der Waals surface area contributed by atoms with Gasteiger partial charge in [-0.25, -0.2) is 0 Å². The zero-order chi connectivity index (χ0) is 12.7. The van der Waals surface area contributed by atoms with Gasteiger partial charge < -0.3 is 5.32 Å². The summed E-state index contributed by atoms with van der Waals surface area (Å²) >= 11 is 0. The van der Waals surface area contributed by atoms with E-state index in [1.165, 1.54) is 6.08 Å². The minimum Gasteiger partial charge on any atom is -0.348 e. The lowest BCUT2D eigenvalue weighted by Gasteiger charge is -2.24. The van der Waals surface area contributed by atoms with Gasteiger partial charge >= 0.3 is 0 Å². The fourth-order valence-electron chi connectivity index (χ4n) is 1.62. The molecule has 4 heteroatoms. The van der Waals surface area contributed by atoms with Gasteiger partial charge in [-0.1, -0.05) is 13.3 Å². The van der Waals surface area contributed by atoms with E-state index in [2.05, 4.69) is 22.2 Å². The normalized spacial score (nSPS) is 11.7. The summed E-state index contributed by atoms with van der Waals surface area (Å²) in [4.78, 5) is 19.6. The fraction of sp³-hybridized carbons (Fsp3) is 0.462. The molecular formula is C13H19N3O. The van der Waals surface area contributed by atoms with E-state index in [9.17, 15) is 4.79 Å². The number of carbonyl (C=O) groups excluding carboxylic acids is 1. The third-order valence-corrected chi connectivity index (χ3v) is 2.33. The number of nitrogens with one attached hydrogen (secondary N) is 1.